The first-order valence-corrected chi connectivity index (χ1v) is 11.6. The molecule has 1 nitrogen and oxygen atoms in total. The van der Waals surface area contributed by atoms with Crippen LogP contribution in [0.4, 0.5) is 0 Å². The van der Waals surface area contributed by atoms with Gasteiger partial charge in [0.15, 0.2) is 0 Å². The van der Waals surface area contributed by atoms with Crippen molar-refractivity contribution in [1.29, 1.82) is 0 Å². The Labute approximate surface area is 76.8 Å². The van der Waals surface area contributed by atoms with Crippen LogP contribution in [0.3, 0.4) is 0 Å². The van der Waals surface area contributed by atoms with Crippen molar-refractivity contribution < 1.29 is 5.11 Å². The van der Waals surface area contributed by atoms with E-state index in [0.717, 1.165) is 5.56 Å². The topological polar surface area (TPSA) is 20.2 Å². The van der Waals surface area contributed by atoms with Crippen LogP contribution in [0.2, 0.25) is 17.3 Å². The van der Waals surface area contributed by atoms with Gasteiger partial charge in [0.1, 0.15) is 0 Å². The van der Waals surface area contributed by atoms with Gasteiger partial charge in [-0.2, -0.15) is 0 Å². The van der Waals surface area contributed by atoms with Crippen molar-refractivity contribution in [3.63, 3.8) is 0 Å². The summed E-state index contributed by atoms with van der Waals surface area (Å²) in [5.74, 6) is 7.47. The van der Waals surface area contributed by atoms with E-state index in [0.29, 0.717) is 5.75 Å². The fraction of sp³-hybridized carbons (Fsp3) is 0.400. The standard InChI is InChI=1S/C10H16GeO/c1-8-7-9(11(2,3)4)5-6-10(8)12/h5-7,12H,1-4H3. The van der Waals surface area contributed by atoms with Gasteiger partial charge in [-0.3, -0.25) is 0 Å². The van der Waals surface area contributed by atoms with Crippen molar-refractivity contribution in [2.75, 3.05) is 0 Å². The minimum absolute atomic E-state index is 0.408. The zero-order valence-electron chi connectivity index (χ0n) is 8.18. The average Bonchev–Trinajstić information content (AvgIpc) is 1.92. The molecule has 0 aliphatic heterocycles. The second kappa shape index (κ2) is 3.13. The van der Waals surface area contributed by atoms with Crippen LogP contribution in [0.1, 0.15) is 5.56 Å². The molecule has 1 N–H and O–H groups in total. The van der Waals surface area contributed by atoms with E-state index < -0.39 is 13.3 Å². The first kappa shape index (κ1) is 9.65. The molecule has 0 heterocycles. The third-order valence-electron chi connectivity index (χ3n) is 2.06. The molecule has 0 unspecified atom stereocenters. The van der Waals surface area contributed by atoms with E-state index >= 15 is 0 Å². The van der Waals surface area contributed by atoms with Gasteiger partial charge in [-0.1, -0.05) is 0 Å². The number of phenols is 1. The Bertz CT molecular complexity index is 286. The van der Waals surface area contributed by atoms with Gasteiger partial charge in [-0.15, -0.1) is 0 Å². The van der Waals surface area contributed by atoms with E-state index in [-0.39, 0.29) is 0 Å². The second-order valence-corrected chi connectivity index (χ2v) is 14.9. The molecule has 1 aromatic rings. The van der Waals surface area contributed by atoms with Crippen molar-refractivity contribution in [2.45, 2.75) is 24.2 Å². The normalized spacial score (nSPS) is 11.7. The van der Waals surface area contributed by atoms with Crippen LogP contribution in [0.15, 0.2) is 18.2 Å². The molecule has 66 valence electrons. The number of benzene rings is 1. The Hall–Kier alpha value is -0.437. The molecule has 1 aromatic carbocycles. The summed E-state index contributed by atoms with van der Waals surface area (Å²) in [7, 11) is 0. The predicted octanol–water partition coefficient (Wildman–Crippen LogP) is 2.25. The molecule has 1 rings (SSSR count). The fourth-order valence-corrected chi connectivity index (χ4v) is 3.71. The molecule has 0 fully saturated rings. The van der Waals surface area contributed by atoms with Gasteiger partial charge in [0.05, 0.1) is 0 Å². The molecular weight excluding hydrogens is 209 g/mol. The summed E-state index contributed by atoms with van der Waals surface area (Å²) in [5.41, 5.74) is 0.994. The molecule has 0 aromatic heterocycles. The van der Waals surface area contributed by atoms with Gasteiger partial charge >= 0.3 is 76.5 Å². The van der Waals surface area contributed by atoms with Gasteiger partial charge in [0.25, 0.3) is 0 Å². The number of hydrogen-bond donors (Lipinski definition) is 1. The molecule has 0 radical (unpaired) electrons. The van der Waals surface area contributed by atoms with Crippen LogP contribution < -0.4 is 4.40 Å². The minimum atomic E-state index is -1.68. The van der Waals surface area contributed by atoms with Gasteiger partial charge in [0.2, 0.25) is 0 Å². The zero-order valence-corrected chi connectivity index (χ0v) is 10.3. The third-order valence-corrected chi connectivity index (χ3v) is 6.35. The fourth-order valence-electron chi connectivity index (χ4n) is 1.12. The summed E-state index contributed by atoms with van der Waals surface area (Å²) in [4.78, 5) is 0. The van der Waals surface area contributed by atoms with Crippen molar-refractivity contribution in [3.8, 4) is 5.75 Å². The number of phenolic OH excluding ortho intramolecular Hbond substituents is 1. The number of aromatic hydroxyl groups is 1. The van der Waals surface area contributed by atoms with E-state index in [2.05, 4.69) is 29.4 Å². The monoisotopic (exact) mass is 226 g/mol. The van der Waals surface area contributed by atoms with Crippen LogP contribution in [0.25, 0.3) is 0 Å². The van der Waals surface area contributed by atoms with Crippen molar-refractivity contribution >= 4 is 17.7 Å². The first-order valence-electron chi connectivity index (χ1n) is 4.21. The average molecular weight is 225 g/mol. The Morgan fingerprint density at radius 2 is 1.75 bits per heavy atom. The van der Waals surface area contributed by atoms with Crippen molar-refractivity contribution in [3.05, 3.63) is 23.8 Å². The van der Waals surface area contributed by atoms with Crippen LogP contribution in [0, 0.1) is 6.92 Å². The molecule has 0 aliphatic carbocycles. The summed E-state index contributed by atoms with van der Waals surface area (Å²) >= 11 is -1.68. The van der Waals surface area contributed by atoms with Crippen LogP contribution in [0.5, 0.6) is 5.75 Å². The summed E-state index contributed by atoms with van der Waals surface area (Å²) in [6.45, 7) is 1.95. The molecular formula is C10H16GeO. The molecule has 0 aliphatic rings. The van der Waals surface area contributed by atoms with E-state index in [9.17, 15) is 5.11 Å². The third kappa shape index (κ3) is 2.03. The predicted molar refractivity (Wildman–Crippen MR) is 55.8 cm³/mol. The molecule has 0 atom stereocenters. The second-order valence-electron chi connectivity index (χ2n) is 4.25. The van der Waals surface area contributed by atoms with E-state index in [4.69, 9.17) is 0 Å². The van der Waals surface area contributed by atoms with Gasteiger partial charge < -0.3 is 0 Å². The van der Waals surface area contributed by atoms with Crippen LogP contribution >= 0.6 is 0 Å². The Morgan fingerprint density at radius 1 is 1.17 bits per heavy atom. The molecule has 0 saturated carbocycles. The zero-order chi connectivity index (χ0) is 9.35. The van der Waals surface area contributed by atoms with Gasteiger partial charge in [-0.05, 0) is 0 Å². The van der Waals surface area contributed by atoms with E-state index in [1.807, 2.05) is 6.92 Å². The van der Waals surface area contributed by atoms with Crippen LogP contribution in [-0.4, -0.2) is 18.4 Å². The summed E-state index contributed by atoms with van der Waals surface area (Å²) in [5, 5.41) is 9.33. The SMILES string of the molecule is Cc1c[c]([Ge]([CH3])([CH3])[CH3])ccc1O. The van der Waals surface area contributed by atoms with Crippen molar-refractivity contribution in [2.24, 2.45) is 0 Å². The molecule has 12 heavy (non-hydrogen) atoms. The quantitative estimate of drug-likeness (QED) is 0.726. The van der Waals surface area contributed by atoms with E-state index in [1.54, 1.807) is 6.07 Å². The maximum atomic E-state index is 9.33. The first-order chi connectivity index (χ1) is 5.41. The molecule has 0 bridgehead atoms. The Morgan fingerprint density at radius 3 is 2.17 bits per heavy atom. The maximum absolute atomic E-state index is 9.33. The molecule has 0 saturated heterocycles. The van der Waals surface area contributed by atoms with Gasteiger partial charge in [-0.25, -0.2) is 0 Å². The Balaban J connectivity index is 3.14. The molecule has 2 heteroatoms. The number of aryl methyl sites for hydroxylation is 1. The molecule has 0 spiro atoms. The number of hydrogen-bond acceptors (Lipinski definition) is 1. The Kier molecular flexibility index (Phi) is 2.52. The van der Waals surface area contributed by atoms with Crippen molar-refractivity contribution in [1.82, 2.24) is 0 Å². The van der Waals surface area contributed by atoms with Gasteiger partial charge in [0, 0.05) is 0 Å². The summed E-state index contributed by atoms with van der Waals surface area (Å²) < 4.78 is 1.45. The summed E-state index contributed by atoms with van der Waals surface area (Å²) in [6.07, 6.45) is 0. The van der Waals surface area contributed by atoms with E-state index in [1.165, 1.54) is 4.40 Å². The summed E-state index contributed by atoms with van der Waals surface area (Å²) in [6, 6.07) is 5.98. The molecule has 0 amide bonds. The van der Waals surface area contributed by atoms with Crippen LogP contribution in [-0.2, 0) is 0 Å². The number of rotatable bonds is 1.